The van der Waals surface area contributed by atoms with Gasteiger partial charge >= 0.3 is 6.09 Å². The van der Waals surface area contributed by atoms with Gasteiger partial charge in [0.15, 0.2) is 0 Å². The number of likely N-dealkylation sites (N-methyl/N-ethyl adjacent to an activating group) is 1. The number of hydroxylamine groups is 2. The first kappa shape index (κ1) is 7.80. The van der Waals surface area contributed by atoms with Crippen molar-refractivity contribution in [3.8, 4) is 0 Å². The molecule has 0 radical (unpaired) electrons. The smallest absolute Gasteiger partial charge is 0.405 e. The van der Waals surface area contributed by atoms with Gasteiger partial charge in [0, 0.05) is 7.05 Å². The molecule has 0 spiro atoms. The number of rotatable bonds is 1. The standard InChI is InChI=1S/C5H8N2O4/c1-7-4(8)3(2-11-7)6-5(9)10/h3,6H,2H2,1H3,(H,9,10)/t3-/m1/s1. The predicted molar refractivity (Wildman–Crippen MR) is 33.7 cm³/mol. The van der Waals surface area contributed by atoms with Crippen molar-refractivity contribution in [2.45, 2.75) is 6.04 Å². The van der Waals surface area contributed by atoms with Crippen LogP contribution >= 0.6 is 0 Å². The number of amides is 2. The maximum absolute atomic E-state index is 10.9. The summed E-state index contributed by atoms with van der Waals surface area (Å²) in [5.41, 5.74) is 0. The third-order valence-electron chi connectivity index (χ3n) is 1.34. The highest BCUT2D eigenvalue weighted by Gasteiger charge is 2.31. The van der Waals surface area contributed by atoms with Crippen molar-refractivity contribution >= 4 is 12.0 Å². The van der Waals surface area contributed by atoms with Crippen LogP contribution in [0.3, 0.4) is 0 Å². The Bertz CT molecular complexity index is 193. The topological polar surface area (TPSA) is 78.9 Å². The Balaban J connectivity index is 2.49. The van der Waals surface area contributed by atoms with E-state index in [4.69, 9.17) is 9.94 Å². The molecule has 0 aromatic heterocycles. The molecule has 1 rings (SSSR count). The average Bonchev–Trinajstić information content (AvgIpc) is 2.18. The van der Waals surface area contributed by atoms with Gasteiger partial charge in [-0.2, -0.15) is 0 Å². The lowest BCUT2D eigenvalue weighted by atomic mass is 10.3. The van der Waals surface area contributed by atoms with Crippen LogP contribution in [0.4, 0.5) is 4.79 Å². The summed E-state index contributed by atoms with van der Waals surface area (Å²) in [6.07, 6.45) is -1.22. The highest BCUT2D eigenvalue weighted by Crippen LogP contribution is 2.03. The van der Waals surface area contributed by atoms with E-state index >= 15 is 0 Å². The van der Waals surface area contributed by atoms with Crippen LogP contribution in [0.25, 0.3) is 0 Å². The number of carbonyl (C=O) groups is 2. The monoisotopic (exact) mass is 160 g/mol. The Morgan fingerprint density at radius 3 is 2.91 bits per heavy atom. The summed E-state index contributed by atoms with van der Waals surface area (Å²) in [5.74, 6) is -0.368. The van der Waals surface area contributed by atoms with Gasteiger partial charge < -0.3 is 10.4 Å². The third-order valence-corrected chi connectivity index (χ3v) is 1.34. The lowest BCUT2D eigenvalue weighted by Crippen LogP contribution is -2.41. The molecular formula is C5H8N2O4. The molecule has 2 N–H and O–H groups in total. The van der Waals surface area contributed by atoms with E-state index in [0.29, 0.717) is 0 Å². The maximum Gasteiger partial charge on any atom is 0.405 e. The Labute approximate surface area is 62.7 Å². The first-order valence-electron chi connectivity index (χ1n) is 3.01. The zero-order chi connectivity index (χ0) is 8.43. The van der Waals surface area contributed by atoms with E-state index in [1.54, 1.807) is 0 Å². The molecule has 1 aliphatic rings. The predicted octanol–water partition coefficient (Wildman–Crippen LogP) is -0.974. The summed E-state index contributed by atoms with van der Waals surface area (Å²) in [5, 5.41) is 11.3. The second-order valence-electron chi connectivity index (χ2n) is 2.13. The molecule has 1 saturated heterocycles. The highest BCUT2D eigenvalue weighted by atomic mass is 16.7. The van der Waals surface area contributed by atoms with Gasteiger partial charge in [-0.05, 0) is 0 Å². The van der Waals surface area contributed by atoms with Gasteiger partial charge in [-0.25, -0.2) is 9.86 Å². The first-order valence-corrected chi connectivity index (χ1v) is 3.01. The fraction of sp³-hybridized carbons (Fsp3) is 0.600. The van der Waals surface area contributed by atoms with Crippen LogP contribution in [-0.4, -0.2) is 41.9 Å². The minimum absolute atomic E-state index is 0.0711. The van der Waals surface area contributed by atoms with E-state index in [2.05, 4.69) is 0 Å². The van der Waals surface area contributed by atoms with E-state index in [0.717, 1.165) is 5.06 Å². The second-order valence-corrected chi connectivity index (χ2v) is 2.13. The fourth-order valence-corrected chi connectivity index (χ4v) is 0.793. The Morgan fingerprint density at radius 1 is 1.91 bits per heavy atom. The van der Waals surface area contributed by atoms with Gasteiger partial charge in [-0.15, -0.1) is 0 Å². The maximum atomic E-state index is 10.9. The Kier molecular flexibility index (Phi) is 1.95. The van der Waals surface area contributed by atoms with Crippen LogP contribution in [0.5, 0.6) is 0 Å². The van der Waals surface area contributed by atoms with Crippen molar-refractivity contribution < 1.29 is 19.5 Å². The number of hydrogen-bond donors (Lipinski definition) is 2. The molecule has 0 aromatic carbocycles. The SMILES string of the molecule is CN1OC[C@@H](NC(=O)O)C1=O. The molecule has 0 bridgehead atoms. The average molecular weight is 160 g/mol. The molecule has 0 saturated carbocycles. The van der Waals surface area contributed by atoms with Crippen molar-refractivity contribution in [1.29, 1.82) is 0 Å². The zero-order valence-corrected chi connectivity index (χ0v) is 5.90. The second kappa shape index (κ2) is 2.75. The number of nitrogens with one attached hydrogen (secondary N) is 1. The van der Waals surface area contributed by atoms with Crippen LogP contribution < -0.4 is 5.32 Å². The molecule has 62 valence electrons. The number of carboxylic acid groups (broad SMARTS) is 1. The lowest BCUT2D eigenvalue weighted by molar-refractivity contribution is -0.154. The van der Waals surface area contributed by atoms with Crippen LogP contribution in [0.15, 0.2) is 0 Å². The van der Waals surface area contributed by atoms with Gasteiger partial charge in [0.25, 0.3) is 5.91 Å². The summed E-state index contributed by atoms with van der Waals surface area (Å²) in [6, 6.07) is -0.752. The summed E-state index contributed by atoms with van der Waals surface area (Å²) in [4.78, 5) is 25.7. The van der Waals surface area contributed by atoms with Crippen molar-refractivity contribution in [2.24, 2.45) is 0 Å². The summed E-state index contributed by atoms with van der Waals surface area (Å²) in [6.45, 7) is 0.0711. The van der Waals surface area contributed by atoms with Crippen LogP contribution in [-0.2, 0) is 9.63 Å². The number of nitrogens with zero attached hydrogens (tertiary/aromatic N) is 1. The lowest BCUT2D eigenvalue weighted by Gasteiger charge is -2.05. The quantitative estimate of drug-likeness (QED) is 0.517. The highest BCUT2D eigenvalue weighted by molar-refractivity contribution is 5.85. The minimum atomic E-state index is -1.22. The minimum Gasteiger partial charge on any atom is -0.465 e. The normalized spacial score (nSPS) is 23.9. The van der Waals surface area contributed by atoms with E-state index < -0.39 is 12.1 Å². The van der Waals surface area contributed by atoms with E-state index in [1.165, 1.54) is 7.05 Å². The van der Waals surface area contributed by atoms with Gasteiger partial charge in [0.05, 0.1) is 0 Å². The van der Waals surface area contributed by atoms with Gasteiger partial charge in [0.1, 0.15) is 12.6 Å². The first-order chi connectivity index (χ1) is 5.11. The number of hydrogen-bond acceptors (Lipinski definition) is 3. The molecule has 11 heavy (non-hydrogen) atoms. The summed E-state index contributed by atoms with van der Waals surface area (Å²) in [7, 11) is 1.44. The summed E-state index contributed by atoms with van der Waals surface area (Å²) >= 11 is 0. The van der Waals surface area contributed by atoms with Crippen molar-refractivity contribution in [3.63, 3.8) is 0 Å². The molecular weight excluding hydrogens is 152 g/mol. The van der Waals surface area contributed by atoms with Crippen LogP contribution in [0, 0.1) is 0 Å². The largest absolute Gasteiger partial charge is 0.465 e. The Hall–Kier alpha value is -1.30. The molecule has 1 atom stereocenters. The molecule has 0 unspecified atom stereocenters. The van der Waals surface area contributed by atoms with Gasteiger partial charge in [0.2, 0.25) is 0 Å². The van der Waals surface area contributed by atoms with Gasteiger partial charge in [-0.3, -0.25) is 9.63 Å². The Morgan fingerprint density at radius 2 is 2.55 bits per heavy atom. The van der Waals surface area contributed by atoms with E-state index in [-0.39, 0.29) is 12.5 Å². The van der Waals surface area contributed by atoms with Crippen LogP contribution in [0.1, 0.15) is 0 Å². The molecule has 6 heteroatoms. The molecule has 6 nitrogen and oxygen atoms in total. The number of carbonyl (C=O) groups excluding carboxylic acids is 1. The van der Waals surface area contributed by atoms with Crippen LogP contribution in [0.2, 0.25) is 0 Å². The third kappa shape index (κ3) is 1.58. The van der Waals surface area contributed by atoms with Crippen molar-refractivity contribution in [3.05, 3.63) is 0 Å². The van der Waals surface area contributed by atoms with Gasteiger partial charge in [-0.1, -0.05) is 0 Å². The van der Waals surface area contributed by atoms with Crippen molar-refractivity contribution in [1.82, 2.24) is 10.4 Å². The molecule has 2 amide bonds. The molecule has 0 aromatic rings. The molecule has 1 heterocycles. The molecule has 0 aliphatic carbocycles. The van der Waals surface area contributed by atoms with E-state index in [9.17, 15) is 9.59 Å². The fourth-order valence-electron chi connectivity index (χ4n) is 0.793. The van der Waals surface area contributed by atoms with E-state index in [1.807, 2.05) is 5.32 Å². The summed E-state index contributed by atoms with van der Waals surface area (Å²) < 4.78 is 0. The van der Waals surface area contributed by atoms with Crippen molar-refractivity contribution in [2.75, 3.05) is 13.7 Å². The molecule has 1 fully saturated rings. The zero-order valence-electron chi connectivity index (χ0n) is 5.90. The molecule has 1 aliphatic heterocycles.